The number of carbonyl (C=O) groups excluding carboxylic acids is 1. The number of methoxy groups -OCH3 is 2. The maximum Gasteiger partial charge on any atom is 0.336 e. The standard InChI is InChI=1S/C30H24N4O6/c1-38-28-16-8-21(19-29(28)39-2)10-17-30(35)40-27-15-9-22(18-26(27)34(36)37)20-31-23-11-13-25(14-12-23)33-32-24-6-4-3-5-7-24/h3-20H,1-2H3/b17-10+,31-20?,33-32?. The number of hydrogen-bond acceptors (Lipinski definition) is 9. The number of azo groups is 1. The molecule has 0 N–H and O–H groups in total. The SMILES string of the molecule is COc1ccc(/C=C/C(=O)Oc2ccc(C=Nc3ccc(N=Nc4ccccc4)cc3)cc2[N+](=O)[O-])cc1OC. The van der Waals surface area contributed by atoms with E-state index in [0.29, 0.717) is 34.0 Å². The van der Waals surface area contributed by atoms with Crippen molar-refractivity contribution in [3.05, 3.63) is 118 Å². The molecule has 0 unspecified atom stereocenters. The Morgan fingerprint density at radius 1 is 0.750 bits per heavy atom. The first-order valence-corrected chi connectivity index (χ1v) is 12.0. The first-order valence-electron chi connectivity index (χ1n) is 12.0. The maximum atomic E-state index is 12.4. The summed E-state index contributed by atoms with van der Waals surface area (Å²) in [4.78, 5) is 27.7. The molecule has 10 nitrogen and oxygen atoms in total. The van der Waals surface area contributed by atoms with E-state index in [1.54, 1.807) is 48.5 Å². The van der Waals surface area contributed by atoms with Gasteiger partial charge in [0, 0.05) is 18.4 Å². The molecule has 0 aliphatic heterocycles. The van der Waals surface area contributed by atoms with E-state index >= 15 is 0 Å². The first kappa shape index (κ1) is 27.4. The van der Waals surface area contributed by atoms with E-state index in [1.165, 1.54) is 44.7 Å². The number of nitro benzene ring substituents is 1. The maximum absolute atomic E-state index is 12.4. The summed E-state index contributed by atoms with van der Waals surface area (Å²) in [6.07, 6.45) is 4.16. The summed E-state index contributed by atoms with van der Waals surface area (Å²) in [6, 6.07) is 25.7. The number of aliphatic imine (C=N–C) groups is 1. The van der Waals surface area contributed by atoms with Gasteiger partial charge in [-0.2, -0.15) is 10.2 Å². The van der Waals surface area contributed by atoms with Crippen LogP contribution in [0.15, 0.2) is 112 Å². The summed E-state index contributed by atoms with van der Waals surface area (Å²) in [5, 5.41) is 20.0. The molecular weight excluding hydrogens is 512 g/mol. The van der Waals surface area contributed by atoms with E-state index in [4.69, 9.17) is 14.2 Å². The highest BCUT2D eigenvalue weighted by molar-refractivity contribution is 5.90. The quantitative estimate of drug-likeness (QED) is 0.0395. The van der Waals surface area contributed by atoms with E-state index in [-0.39, 0.29) is 11.4 Å². The summed E-state index contributed by atoms with van der Waals surface area (Å²) in [7, 11) is 3.03. The molecule has 0 radical (unpaired) electrons. The lowest BCUT2D eigenvalue weighted by Crippen LogP contribution is -2.06. The third-order valence-electron chi connectivity index (χ3n) is 5.46. The van der Waals surface area contributed by atoms with Crippen LogP contribution in [-0.2, 0) is 4.79 Å². The smallest absolute Gasteiger partial charge is 0.336 e. The van der Waals surface area contributed by atoms with E-state index in [0.717, 1.165) is 5.69 Å². The zero-order chi connectivity index (χ0) is 28.3. The van der Waals surface area contributed by atoms with Gasteiger partial charge in [0.25, 0.3) is 0 Å². The van der Waals surface area contributed by atoms with Crippen LogP contribution < -0.4 is 14.2 Å². The number of ether oxygens (including phenoxy) is 3. The van der Waals surface area contributed by atoms with Gasteiger partial charge >= 0.3 is 11.7 Å². The van der Waals surface area contributed by atoms with Gasteiger partial charge in [-0.15, -0.1) is 0 Å². The van der Waals surface area contributed by atoms with Crippen LogP contribution in [0.2, 0.25) is 0 Å². The summed E-state index contributed by atoms with van der Waals surface area (Å²) in [5.74, 6) is 0.0836. The van der Waals surface area contributed by atoms with Crippen molar-refractivity contribution in [2.45, 2.75) is 0 Å². The lowest BCUT2D eigenvalue weighted by molar-refractivity contribution is -0.385. The molecule has 0 bridgehead atoms. The number of benzene rings is 4. The van der Waals surface area contributed by atoms with Crippen LogP contribution in [0.25, 0.3) is 6.08 Å². The highest BCUT2D eigenvalue weighted by Crippen LogP contribution is 2.30. The molecule has 0 atom stereocenters. The fraction of sp³-hybridized carbons (Fsp3) is 0.0667. The highest BCUT2D eigenvalue weighted by Gasteiger charge is 2.18. The van der Waals surface area contributed by atoms with Crippen LogP contribution in [0, 0.1) is 10.1 Å². The Labute approximate surface area is 230 Å². The lowest BCUT2D eigenvalue weighted by atomic mass is 10.2. The van der Waals surface area contributed by atoms with Crippen molar-refractivity contribution in [3.63, 3.8) is 0 Å². The third kappa shape index (κ3) is 7.45. The molecule has 4 aromatic carbocycles. The van der Waals surface area contributed by atoms with Crippen molar-refractivity contribution < 1.29 is 23.9 Å². The Balaban J connectivity index is 1.42. The zero-order valence-corrected chi connectivity index (χ0v) is 21.6. The van der Waals surface area contributed by atoms with Crippen molar-refractivity contribution in [2.24, 2.45) is 15.2 Å². The van der Waals surface area contributed by atoms with E-state index in [1.807, 2.05) is 30.3 Å². The Morgan fingerprint density at radius 2 is 1.38 bits per heavy atom. The molecule has 200 valence electrons. The number of esters is 1. The Kier molecular flexibility index (Phi) is 9.07. The van der Waals surface area contributed by atoms with Crippen LogP contribution in [0.1, 0.15) is 11.1 Å². The van der Waals surface area contributed by atoms with Crippen LogP contribution in [-0.4, -0.2) is 31.3 Å². The minimum atomic E-state index is -0.774. The molecule has 0 fully saturated rings. The molecule has 0 aromatic heterocycles. The second-order valence-corrected chi connectivity index (χ2v) is 8.16. The fourth-order valence-corrected chi connectivity index (χ4v) is 3.47. The van der Waals surface area contributed by atoms with Gasteiger partial charge in [-0.05, 0) is 77.9 Å². The van der Waals surface area contributed by atoms with Crippen molar-refractivity contribution in [3.8, 4) is 17.2 Å². The average Bonchev–Trinajstić information content (AvgIpc) is 2.99. The summed E-state index contributed by atoms with van der Waals surface area (Å²) < 4.78 is 15.7. The Hall–Kier alpha value is -5.64. The largest absolute Gasteiger partial charge is 0.493 e. The second kappa shape index (κ2) is 13.2. The molecule has 0 spiro atoms. The first-order chi connectivity index (χ1) is 19.4. The Morgan fingerprint density at radius 3 is 2.05 bits per heavy atom. The van der Waals surface area contributed by atoms with Crippen molar-refractivity contribution >= 4 is 41.0 Å². The average molecular weight is 537 g/mol. The van der Waals surface area contributed by atoms with Crippen LogP contribution in [0.5, 0.6) is 17.2 Å². The predicted molar refractivity (Wildman–Crippen MR) is 152 cm³/mol. The van der Waals surface area contributed by atoms with Gasteiger partial charge in [-0.25, -0.2) is 4.79 Å². The molecule has 0 saturated heterocycles. The normalized spacial score (nSPS) is 11.2. The van der Waals surface area contributed by atoms with Gasteiger partial charge in [0.2, 0.25) is 5.75 Å². The van der Waals surface area contributed by atoms with E-state index < -0.39 is 10.9 Å². The molecular formula is C30H24N4O6. The summed E-state index contributed by atoms with van der Waals surface area (Å²) >= 11 is 0. The number of hydrogen-bond donors (Lipinski definition) is 0. The van der Waals surface area contributed by atoms with Crippen molar-refractivity contribution in [2.75, 3.05) is 14.2 Å². The number of nitrogens with zero attached hydrogens (tertiary/aromatic N) is 4. The zero-order valence-electron chi connectivity index (χ0n) is 21.6. The lowest BCUT2D eigenvalue weighted by Gasteiger charge is -2.07. The van der Waals surface area contributed by atoms with Crippen LogP contribution in [0.3, 0.4) is 0 Å². The predicted octanol–water partition coefficient (Wildman–Crippen LogP) is 7.40. The fourth-order valence-electron chi connectivity index (χ4n) is 3.47. The van der Waals surface area contributed by atoms with Gasteiger partial charge in [0.15, 0.2) is 11.5 Å². The molecule has 0 aliphatic rings. The molecule has 4 aromatic rings. The molecule has 4 rings (SSSR count). The molecule has 0 amide bonds. The Bertz CT molecular complexity index is 1580. The minimum Gasteiger partial charge on any atom is -0.493 e. The molecule has 0 aliphatic carbocycles. The summed E-state index contributed by atoms with van der Waals surface area (Å²) in [6.45, 7) is 0. The highest BCUT2D eigenvalue weighted by atomic mass is 16.6. The number of carbonyl (C=O) groups is 1. The summed E-state index contributed by atoms with van der Waals surface area (Å²) in [5.41, 5.74) is 2.77. The van der Waals surface area contributed by atoms with E-state index in [2.05, 4.69) is 15.2 Å². The molecule has 0 saturated carbocycles. The van der Waals surface area contributed by atoms with Gasteiger partial charge in [0.1, 0.15) is 0 Å². The van der Waals surface area contributed by atoms with Gasteiger partial charge < -0.3 is 14.2 Å². The number of rotatable bonds is 10. The van der Waals surface area contributed by atoms with E-state index in [9.17, 15) is 14.9 Å². The second-order valence-electron chi connectivity index (χ2n) is 8.16. The van der Waals surface area contributed by atoms with Crippen molar-refractivity contribution in [1.82, 2.24) is 0 Å². The monoisotopic (exact) mass is 536 g/mol. The molecule has 10 heteroatoms. The molecule has 40 heavy (non-hydrogen) atoms. The minimum absolute atomic E-state index is 0.183. The molecule has 0 heterocycles. The van der Waals surface area contributed by atoms with Crippen LogP contribution in [0.4, 0.5) is 22.7 Å². The third-order valence-corrected chi connectivity index (χ3v) is 5.46. The topological polar surface area (TPSA) is 125 Å². The van der Waals surface area contributed by atoms with Gasteiger partial charge in [0.05, 0.1) is 36.2 Å². The van der Waals surface area contributed by atoms with Gasteiger partial charge in [-0.1, -0.05) is 24.3 Å². The van der Waals surface area contributed by atoms with Gasteiger partial charge in [-0.3, -0.25) is 15.1 Å². The van der Waals surface area contributed by atoms with Crippen molar-refractivity contribution in [1.29, 1.82) is 0 Å². The number of nitro groups is 1. The van der Waals surface area contributed by atoms with Crippen LogP contribution >= 0.6 is 0 Å².